The van der Waals surface area contributed by atoms with Crippen LogP contribution in [0.4, 0.5) is 14.9 Å². The molecule has 0 aromatic heterocycles. The highest BCUT2D eigenvalue weighted by molar-refractivity contribution is 9.10. The number of hydrogen-bond donors (Lipinski definition) is 1. The maximum absolute atomic E-state index is 13.8. The number of hydrogen-bond acceptors (Lipinski definition) is 4. The second-order valence-corrected chi connectivity index (χ2v) is 5.43. The van der Waals surface area contributed by atoms with E-state index >= 15 is 0 Å². The number of carbonyl (C=O) groups excluding carboxylic acids is 2. The Balaban J connectivity index is 2.23. The number of rotatable bonds is 5. The molecule has 1 aliphatic rings. The van der Waals surface area contributed by atoms with Crippen LogP contribution >= 0.6 is 15.9 Å². The molecule has 1 heterocycles. The molecule has 2 amide bonds. The smallest absolute Gasteiger partial charge is 0.414 e. The average molecular weight is 373 g/mol. The standard InChI is InChI=1S/C14H14BrFN2O4/c1-3-21-13-4-10(15)11(16)5-12(13)18-7-9(22-14(18)20)6-17-8(2)19/h3-5,9H,1,6-7H2,2H3,(H,17,19). The zero-order chi connectivity index (χ0) is 16.3. The van der Waals surface area contributed by atoms with Gasteiger partial charge in [0.05, 0.1) is 29.5 Å². The Hall–Kier alpha value is -2.09. The van der Waals surface area contributed by atoms with Gasteiger partial charge in [-0.25, -0.2) is 9.18 Å². The van der Waals surface area contributed by atoms with E-state index in [1.54, 1.807) is 0 Å². The summed E-state index contributed by atoms with van der Waals surface area (Å²) in [5.74, 6) is -0.496. The van der Waals surface area contributed by atoms with Crippen molar-refractivity contribution in [3.63, 3.8) is 0 Å². The molecule has 118 valence electrons. The topological polar surface area (TPSA) is 67.9 Å². The molecule has 1 aromatic rings. The summed E-state index contributed by atoms with van der Waals surface area (Å²) in [6.07, 6.45) is 0.0324. The third kappa shape index (κ3) is 3.56. The van der Waals surface area contributed by atoms with E-state index in [0.29, 0.717) is 0 Å². The molecule has 1 N–H and O–H groups in total. The van der Waals surface area contributed by atoms with Gasteiger partial charge in [-0.15, -0.1) is 0 Å². The van der Waals surface area contributed by atoms with Crippen LogP contribution in [-0.4, -0.2) is 31.2 Å². The molecule has 6 nitrogen and oxygen atoms in total. The van der Waals surface area contributed by atoms with Gasteiger partial charge in [-0.05, 0) is 15.9 Å². The molecule has 8 heteroatoms. The molecular weight excluding hydrogens is 359 g/mol. The summed E-state index contributed by atoms with van der Waals surface area (Å²) >= 11 is 3.06. The molecule has 0 bridgehead atoms. The Morgan fingerprint density at radius 1 is 1.68 bits per heavy atom. The van der Waals surface area contributed by atoms with Crippen LogP contribution in [0, 0.1) is 5.82 Å². The zero-order valence-electron chi connectivity index (χ0n) is 11.8. The Kier molecular flexibility index (Phi) is 5.02. The van der Waals surface area contributed by atoms with E-state index in [-0.39, 0.29) is 34.9 Å². The first-order valence-corrected chi connectivity index (χ1v) is 7.21. The molecule has 0 spiro atoms. The van der Waals surface area contributed by atoms with Crippen LogP contribution in [0.25, 0.3) is 0 Å². The lowest BCUT2D eigenvalue weighted by Gasteiger charge is -2.17. The second kappa shape index (κ2) is 6.78. The molecule has 1 aliphatic heterocycles. The van der Waals surface area contributed by atoms with E-state index in [1.807, 2.05) is 0 Å². The van der Waals surface area contributed by atoms with Crippen molar-refractivity contribution in [1.82, 2.24) is 5.32 Å². The van der Waals surface area contributed by atoms with Gasteiger partial charge in [0.1, 0.15) is 11.9 Å². The van der Waals surface area contributed by atoms with Gasteiger partial charge in [-0.2, -0.15) is 0 Å². The summed E-state index contributed by atoms with van der Waals surface area (Å²) in [6.45, 7) is 5.18. The molecule has 0 saturated carbocycles. The SMILES string of the molecule is C=COc1cc(Br)c(F)cc1N1CC(CNC(C)=O)OC1=O. The van der Waals surface area contributed by atoms with Gasteiger partial charge in [-0.1, -0.05) is 6.58 Å². The fraction of sp³-hybridized carbons (Fsp3) is 0.286. The van der Waals surface area contributed by atoms with Crippen molar-refractivity contribution in [2.45, 2.75) is 13.0 Å². The van der Waals surface area contributed by atoms with Crippen molar-refractivity contribution in [2.24, 2.45) is 0 Å². The van der Waals surface area contributed by atoms with Crippen LogP contribution in [0.1, 0.15) is 6.92 Å². The quantitative estimate of drug-likeness (QED) is 0.806. The van der Waals surface area contributed by atoms with Gasteiger partial charge in [0.2, 0.25) is 5.91 Å². The van der Waals surface area contributed by atoms with E-state index in [4.69, 9.17) is 9.47 Å². The molecule has 1 saturated heterocycles. The van der Waals surface area contributed by atoms with Crippen LogP contribution in [0.5, 0.6) is 5.75 Å². The Morgan fingerprint density at radius 3 is 3.05 bits per heavy atom. The number of nitrogens with one attached hydrogen (secondary N) is 1. The molecule has 1 atom stereocenters. The molecule has 2 rings (SSSR count). The lowest BCUT2D eigenvalue weighted by Crippen LogP contribution is -2.33. The van der Waals surface area contributed by atoms with E-state index in [0.717, 1.165) is 0 Å². The minimum Gasteiger partial charge on any atom is -0.463 e. The molecule has 22 heavy (non-hydrogen) atoms. The maximum Gasteiger partial charge on any atom is 0.414 e. The first-order chi connectivity index (χ1) is 10.4. The van der Waals surface area contributed by atoms with Gasteiger partial charge in [0.25, 0.3) is 0 Å². The predicted octanol–water partition coefficient (Wildman–Crippen LogP) is 2.57. The van der Waals surface area contributed by atoms with Gasteiger partial charge in [0, 0.05) is 19.1 Å². The molecule has 0 radical (unpaired) electrons. The van der Waals surface area contributed by atoms with Crippen molar-refractivity contribution >= 4 is 33.6 Å². The van der Waals surface area contributed by atoms with Crippen LogP contribution in [0.2, 0.25) is 0 Å². The maximum atomic E-state index is 13.8. The summed E-state index contributed by atoms with van der Waals surface area (Å²) in [5, 5.41) is 2.57. The van der Waals surface area contributed by atoms with Crippen molar-refractivity contribution in [2.75, 3.05) is 18.0 Å². The highest BCUT2D eigenvalue weighted by Crippen LogP contribution is 2.36. The number of cyclic esters (lactones) is 1. The van der Waals surface area contributed by atoms with E-state index in [1.165, 1.54) is 30.2 Å². The highest BCUT2D eigenvalue weighted by Gasteiger charge is 2.34. The van der Waals surface area contributed by atoms with Gasteiger partial charge >= 0.3 is 6.09 Å². The lowest BCUT2D eigenvalue weighted by molar-refractivity contribution is -0.119. The summed E-state index contributed by atoms with van der Waals surface area (Å²) < 4.78 is 24.3. The Bertz CT molecular complexity index is 623. The molecule has 1 fully saturated rings. The molecule has 0 aliphatic carbocycles. The van der Waals surface area contributed by atoms with Crippen LogP contribution in [0.15, 0.2) is 29.4 Å². The van der Waals surface area contributed by atoms with Crippen LogP contribution in [-0.2, 0) is 9.53 Å². The third-order valence-electron chi connectivity index (χ3n) is 2.96. The number of amides is 2. The minimum atomic E-state index is -0.633. The van der Waals surface area contributed by atoms with E-state index < -0.39 is 18.0 Å². The van der Waals surface area contributed by atoms with E-state index in [2.05, 4.69) is 27.8 Å². The largest absolute Gasteiger partial charge is 0.463 e. The number of anilines is 1. The van der Waals surface area contributed by atoms with E-state index in [9.17, 15) is 14.0 Å². The first-order valence-electron chi connectivity index (χ1n) is 6.41. The average Bonchev–Trinajstić information content (AvgIpc) is 2.82. The van der Waals surface area contributed by atoms with Crippen molar-refractivity contribution in [1.29, 1.82) is 0 Å². The number of nitrogens with zero attached hydrogens (tertiary/aromatic N) is 1. The zero-order valence-corrected chi connectivity index (χ0v) is 13.4. The predicted molar refractivity (Wildman–Crippen MR) is 81.2 cm³/mol. The Labute approximate surface area is 135 Å². The van der Waals surface area contributed by atoms with Crippen molar-refractivity contribution in [3.8, 4) is 5.75 Å². The second-order valence-electron chi connectivity index (χ2n) is 4.57. The van der Waals surface area contributed by atoms with Gasteiger partial charge in [-0.3, -0.25) is 9.69 Å². The van der Waals surface area contributed by atoms with Crippen molar-refractivity contribution < 1.29 is 23.5 Å². The molecular formula is C14H14BrFN2O4. The normalized spacial score (nSPS) is 17.1. The highest BCUT2D eigenvalue weighted by atomic mass is 79.9. The lowest BCUT2D eigenvalue weighted by atomic mass is 10.2. The van der Waals surface area contributed by atoms with Crippen LogP contribution in [0.3, 0.4) is 0 Å². The first kappa shape index (κ1) is 16.3. The molecule has 1 unspecified atom stereocenters. The third-order valence-corrected chi connectivity index (χ3v) is 3.56. The summed E-state index contributed by atoms with van der Waals surface area (Å²) in [5.41, 5.74) is 0.232. The summed E-state index contributed by atoms with van der Waals surface area (Å²) in [7, 11) is 0. The number of halogens is 2. The number of ether oxygens (including phenoxy) is 2. The minimum absolute atomic E-state index is 0.174. The summed E-state index contributed by atoms with van der Waals surface area (Å²) in [4.78, 5) is 24.1. The number of carbonyl (C=O) groups is 2. The molecule has 1 aromatic carbocycles. The van der Waals surface area contributed by atoms with Gasteiger partial charge in [0.15, 0.2) is 5.75 Å². The Morgan fingerprint density at radius 2 is 2.41 bits per heavy atom. The monoisotopic (exact) mass is 372 g/mol. The van der Waals surface area contributed by atoms with Crippen molar-refractivity contribution in [3.05, 3.63) is 35.3 Å². The fourth-order valence-corrected chi connectivity index (χ4v) is 2.32. The number of benzene rings is 1. The summed E-state index contributed by atoms with van der Waals surface area (Å²) in [6, 6.07) is 2.58. The fourth-order valence-electron chi connectivity index (χ4n) is 2.00. The van der Waals surface area contributed by atoms with Gasteiger partial charge < -0.3 is 14.8 Å². The van der Waals surface area contributed by atoms with Crippen LogP contribution < -0.4 is 15.0 Å².